The van der Waals surface area contributed by atoms with Crippen molar-refractivity contribution in [3.63, 3.8) is 0 Å². The largest absolute Gasteiger partial charge is 0.466 e. The van der Waals surface area contributed by atoms with Crippen molar-refractivity contribution in [2.24, 2.45) is 0 Å². The van der Waals surface area contributed by atoms with Gasteiger partial charge in [0.25, 0.3) is 5.91 Å². The van der Waals surface area contributed by atoms with E-state index in [-0.39, 0.29) is 12.6 Å². The summed E-state index contributed by atoms with van der Waals surface area (Å²) in [6, 6.07) is 9.37. The molecule has 0 unspecified atom stereocenters. The van der Waals surface area contributed by atoms with E-state index in [1.807, 2.05) is 6.07 Å². The highest BCUT2D eigenvalue weighted by molar-refractivity contribution is 6.30. The lowest BCUT2D eigenvalue weighted by atomic mass is 9.99. The zero-order valence-electron chi connectivity index (χ0n) is 14.3. The molecule has 1 aliphatic rings. The first-order valence-electron chi connectivity index (χ1n) is 8.04. The van der Waals surface area contributed by atoms with Crippen LogP contribution in [0.5, 0.6) is 0 Å². The van der Waals surface area contributed by atoms with Crippen LogP contribution in [0.1, 0.15) is 31.2 Å². The van der Waals surface area contributed by atoms with Crippen molar-refractivity contribution in [3.8, 4) is 0 Å². The first-order chi connectivity index (χ1) is 12.3. The monoisotopic (exact) mass is 375 g/mol. The molecule has 0 bridgehead atoms. The zero-order valence-corrected chi connectivity index (χ0v) is 15.0. The Hall–Kier alpha value is -2.80. The van der Waals surface area contributed by atoms with Gasteiger partial charge in [0, 0.05) is 5.02 Å². The molecule has 1 saturated heterocycles. The number of amides is 4. The van der Waals surface area contributed by atoms with Crippen LogP contribution in [0.4, 0.5) is 4.79 Å². The van der Waals surface area contributed by atoms with Crippen molar-refractivity contribution < 1.29 is 18.8 Å². The Kier molecular flexibility index (Phi) is 4.73. The van der Waals surface area contributed by atoms with Gasteiger partial charge in [-0.2, -0.15) is 0 Å². The maximum Gasteiger partial charge on any atom is 0.325 e. The van der Waals surface area contributed by atoms with Gasteiger partial charge in [-0.1, -0.05) is 23.7 Å². The molecule has 2 heterocycles. The number of carbonyl (C=O) groups is 3. The quantitative estimate of drug-likeness (QED) is 0.786. The molecule has 0 saturated carbocycles. The Morgan fingerprint density at radius 3 is 2.77 bits per heavy atom. The van der Waals surface area contributed by atoms with E-state index in [9.17, 15) is 14.4 Å². The van der Waals surface area contributed by atoms with Crippen LogP contribution in [0.3, 0.4) is 0 Å². The van der Waals surface area contributed by atoms with E-state index in [4.69, 9.17) is 16.0 Å². The fraction of sp³-hybridized carbons (Fsp3) is 0.278. The number of halogens is 1. The smallest absolute Gasteiger partial charge is 0.325 e. The normalized spacial score (nSPS) is 20.8. The molecule has 1 fully saturated rings. The summed E-state index contributed by atoms with van der Waals surface area (Å²) < 4.78 is 5.25. The minimum atomic E-state index is -1.32. The Bertz CT molecular complexity index is 852. The minimum Gasteiger partial charge on any atom is -0.466 e. The molecule has 1 aliphatic heterocycles. The lowest BCUT2D eigenvalue weighted by Crippen LogP contribution is -2.43. The van der Waals surface area contributed by atoms with Gasteiger partial charge in [-0.15, -0.1) is 0 Å². The summed E-state index contributed by atoms with van der Waals surface area (Å²) in [5.74, 6) is -0.682. The van der Waals surface area contributed by atoms with Gasteiger partial charge in [-0.3, -0.25) is 14.5 Å². The van der Waals surface area contributed by atoms with Crippen LogP contribution in [0.2, 0.25) is 5.02 Å². The third-order valence-electron chi connectivity index (χ3n) is 4.32. The molecule has 1 aromatic carbocycles. The van der Waals surface area contributed by atoms with E-state index in [1.54, 1.807) is 44.2 Å². The van der Waals surface area contributed by atoms with Crippen molar-refractivity contribution in [1.82, 2.24) is 15.5 Å². The van der Waals surface area contributed by atoms with Gasteiger partial charge in [-0.05, 0) is 43.7 Å². The van der Waals surface area contributed by atoms with Crippen LogP contribution in [-0.2, 0) is 15.1 Å². The average Bonchev–Trinajstić information content (AvgIpc) is 3.19. The molecule has 8 heteroatoms. The molecule has 1 aromatic heterocycles. The number of hydrogen-bond acceptors (Lipinski definition) is 4. The van der Waals surface area contributed by atoms with Gasteiger partial charge in [0.1, 0.15) is 12.3 Å². The van der Waals surface area contributed by atoms with E-state index in [0.29, 0.717) is 10.8 Å². The van der Waals surface area contributed by atoms with Crippen molar-refractivity contribution in [2.45, 2.75) is 25.4 Å². The Balaban J connectivity index is 1.68. The third kappa shape index (κ3) is 3.30. The summed E-state index contributed by atoms with van der Waals surface area (Å²) >= 11 is 5.95. The molecular weight excluding hydrogens is 358 g/mol. The number of furan rings is 1. The molecule has 26 heavy (non-hydrogen) atoms. The van der Waals surface area contributed by atoms with Gasteiger partial charge >= 0.3 is 6.03 Å². The zero-order chi connectivity index (χ0) is 18.9. The second-order valence-corrected chi connectivity index (χ2v) is 6.70. The van der Waals surface area contributed by atoms with Crippen LogP contribution >= 0.6 is 11.6 Å². The highest BCUT2D eigenvalue weighted by Gasteiger charge is 2.51. The topological polar surface area (TPSA) is 91.7 Å². The molecule has 3 rings (SSSR count). The van der Waals surface area contributed by atoms with Crippen LogP contribution in [0, 0.1) is 0 Å². The third-order valence-corrected chi connectivity index (χ3v) is 4.55. The van der Waals surface area contributed by atoms with Crippen molar-refractivity contribution in [3.05, 3.63) is 59.0 Å². The second-order valence-electron chi connectivity index (χ2n) is 6.27. The van der Waals surface area contributed by atoms with E-state index in [1.165, 1.54) is 6.26 Å². The van der Waals surface area contributed by atoms with Gasteiger partial charge in [0.15, 0.2) is 5.54 Å². The Morgan fingerprint density at radius 1 is 1.35 bits per heavy atom. The fourth-order valence-corrected chi connectivity index (χ4v) is 3.06. The molecule has 4 amide bonds. The molecule has 0 aliphatic carbocycles. The summed E-state index contributed by atoms with van der Waals surface area (Å²) in [6.07, 6.45) is 1.42. The molecule has 136 valence electrons. The van der Waals surface area contributed by atoms with E-state index < -0.39 is 23.4 Å². The Labute approximate surface area is 155 Å². The van der Waals surface area contributed by atoms with Gasteiger partial charge < -0.3 is 15.1 Å². The number of rotatable bonds is 5. The number of carbonyl (C=O) groups excluding carboxylic acids is 3. The number of hydrogen-bond donors (Lipinski definition) is 2. The highest BCUT2D eigenvalue weighted by atomic mass is 35.5. The number of benzene rings is 1. The summed E-state index contributed by atoms with van der Waals surface area (Å²) in [6.45, 7) is 2.95. The molecule has 2 atom stereocenters. The van der Waals surface area contributed by atoms with Gasteiger partial charge in [0.05, 0.1) is 12.3 Å². The van der Waals surface area contributed by atoms with Crippen LogP contribution in [0.25, 0.3) is 0 Å². The van der Waals surface area contributed by atoms with Crippen molar-refractivity contribution in [2.75, 3.05) is 6.54 Å². The standard InChI is InChI=1S/C18H18ClN3O4/c1-11(12-5-3-6-13(19)9-12)20-15(23)10-22-16(24)18(2,21-17(22)25)14-7-4-8-26-14/h3-9,11H,10H2,1-2H3,(H,20,23)(H,21,25)/t11-,18-/m0/s1. The van der Waals surface area contributed by atoms with E-state index in [2.05, 4.69) is 10.6 Å². The maximum atomic E-state index is 12.7. The maximum absolute atomic E-state index is 12.7. The molecule has 2 aromatic rings. The minimum absolute atomic E-state index is 0.311. The molecule has 0 radical (unpaired) electrons. The number of urea groups is 1. The highest BCUT2D eigenvalue weighted by Crippen LogP contribution is 2.29. The van der Waals surface area contributed by atoms with E-state index in [0.717, 1.165) is 10.5 Å². The summed E-state index contributed by atoms with van der Waals surface area (Å²) in [5.41, 5.74) is -0.497. The second kappa shape index (κ2) is 6.84. The number of nitrogens with zero attached hydrogens (tertiary/aromatic N) is 1. The van der Waals surface area contributed by atoms with Crippen molar-refractivity contribution >= 4 is 29.4 Å². The molecular formula is C18H18ClN3O4. The lowest BCUT2D eigenvalue weighted by Gasteiger charge is -2.20. The van der Waals surface area contributed by atoms with E-state index >= 15 is 0 Å². The van der Waals surface area contributed by atoms with Gasteiger partial charge in [-0.25, -0.2) is 4.79 Å². The van der Waals surface area contributed by atoms with Crippen molar-refractivity contribution in [1.29, 1.82) is 0 Å². The summed E-state index contributed by atoms with van der Waals surface area (Å²) in [4.78, 5) is 38.0. The first kappa shape index (κ1) is 18.0. The van der Waals surface area contributed by atoms with Crippen LogP contribution < -0.4 is 10.6 Å². The fourth-order valence-electron chi connectivity index (χ4n) is 2.86. The SMILES string of the molecule is C[C@H](NC(=O)CN1C(=O)N[C@@](C)(c2ccco2)C1=O)c1cccc(Cl)c1. The number of imide groups is 1. The number of nitrogens with one attached hydrogen (secondary N) is 2. The molecule has 2 N–H and O–H groups in total. The molecule has 7 nitrogen and oxygen atoms in total. The first-order valence-corrected chi connectivity index (χ1v) is 8.42. The lowest BCUT2D eigenvalue weighted by molar-refractivity contribution is -0.135. The summed E-state index contributed by atoms with van der Waals surface area (Å²) in [7, 11) is 0. The summed E-state index contributed by atoms with van der Waals surface area (Å²) in [5, 5.41) is 5.90. The average molecular weight is 376 g/mol. The Morgan fingerprint density at radius 2 is 2.12 bits per heavy atom. The molecule has 0 spiro atoms. The van der Waals surface area contributed by atoms with Gasteiger partial charge in [0.2, 0.25) is 5.91 Å². The predicted molar refractivity (Wildman–Crippen MR) is 94.3 cm³/mol. The van der Waals surface area contributed by atoms with Crippen LogP contribution in [-0.4, -0.2) is 29.3 Å². The predicted octanol–water partition coefficient (Wildman–Crippen LogP) is 2.58. The van der Waals surface area contributed by atoms with Crippen LogP contribution in [0.15, 0.2) is 47.1 Å².